The molecule has 0 aliphatic rings. The lowest BCUT2D eigenvalue weighted by Gasteiger charge is -2.08. The van der Waals surface area contributed by atoms with E-state index in [4.69, 9.17) is 28.9 Å². The number of nitrogens with zero attached hydrogens (tertiary/aromatic N) is 2. The summed E-state index contributed by atoms with van der Waals surface area (Å²) in [4.78, 5) is 11.8. The first-order valence-corrected chi connectivity index (χ1v) is 5.78. The lowest BCUT2D eigenvalue weighted by atomic mass is 10.3. The van der Waals surface area contributed by atoms with Crippen LogP contribution in [0.4, 0.5) is 15.9 Å². The van der Waals surface area contributed by atoms with Crippen LogP contribution in [0.5, 0.6) is 0 Å². The van der Waals surface area contributed by atoms with E-state index >= 15 is 0 Å². The molecule has 1 heterocycles. The van der Waals surface area contributed by atoms with Crippen molar-refractivity contribution < 1.29 is 9.18 Å². The Labute approximate surface area is 117 Å². The Kier molecular flexibility index (Phi) is 3.82. The van der Waals surface area contributed by atoms with Crippen molar-refractivity contribution in [1.82, 2.24) is 10.2 Å². The molecule has 0 unspecified atom stereocenters. The zero-order chi connectivity index (χ0) is 14.0. The predicted octanol–water partition coefficient (Wildman–Crippen LogP) is 2.76. The van der Waals surface area contributed by atoms with Gasteiger partial charge < -0.3 is 11.1 Å². The fourth-order valence-electron chi connectivity index (χ4n) is 1.30. The standard InChI is InChI=1S/C11H7Cl2FN4O/c12-6-3-5(14)4-7(13)10(6)16-11(19)8-1-2-9(15)18-17-8/h1-4H,(H2,15,18)(H,16,19). The molecule has 2 aromatic rings. The number of nitrogens with one attached hydrogen (secondary N) is 1. The molecule has 5 nitrogen and oxygen atoms in total. The van der Waals surface area contributed by atoms with E-state index in [1.807, 2.05) is 0 Å². The van der Waals surface area contributed by atoms with Crippen molar-refractivity contribution in [2.45, 2.75) is 0 Å². The van der Waals surface area contributed by atoms with Gasteiger partial charge >= 0.3 is 0 Å². The third-order valence-corrected chi connectivity index (χ3v) is 2.76. The average Bonchev–Trinajstić information content (AvgIpc) is 2.34. The van der Waals surface area contributed by atoms with Crippen molar-refractivity contribution in [2.24, 2.45) is 0 Å². The van der Waals surface area contributed by atoms with Gasteiger partial charge in [0.25, 0.3) is 5.91 Å². The number of nitrogens with two attached hydrogens (primary N) is 1. The molecule has 0 atom stereocenters. The Morgan fingerprint density at radius 1 is 1.21 bits per heavy atom. The van der Waals surface area contributed by atoms with E-state index in [-0.39, 0.29) is 27.2 Å². The van der Waals surface area contributed by atoms with Crippen molar-refractivity contribution in [1.29, 1.82) is 0 Å². The van der Waals surface area contributed by atoms with Gasteiger partial charge in [-0.15, -0.1) is 10.2 Å². The van der Waals surface area contributed by atoms with E-state index in [1.165, 1.54) is 12.1 Å². The SMILES string of the molecule is Nc1ccc(C(=O)Nc2c(Cl)cc(F)cc2Cl)nn1. The number of rotatable bonds is 2. The Bertz CT molecular complexity index is 610. The maximum atomic E-state index is 13.0. The highest BCUT2D eigenvalue weighted by atomic mass is 35.5. The smallest absolute Gasteiger partial charge is 0.276 e. The fourth-order valence-corrected chi connectivity index (χ4v) is 1.86. The Hall–Kier alpha value is -1.92. The summed E-state index contributed by atoms with van der Waals surface area (Å²) in [7, 11) is 0. The minimum Gasteiger partial charge on any atom is -0.382 e. The van der Waals surface area contributed by atoms with Gasteiger partial charge in [0.2, 0.25) is 0 Å². The summed E-state index contributed by atoms with van der Waals surface area (Å²) < 4.78 is 13.0. The highest BCUT2D eigenvalue weighted by Crippen LogP contribution is 2.31. The van der Waals surface area contributed by atoms with Crippen molar-refractivity contribution in [3.05, 3.63) is 45.8 Å². The summed E-state index contributed by atoms with van der Waals surface area (Å²) in [5.41, 5.74) is 5.49. The van der Waals surface area contributed by atoms with E-state index in [0.29, 0.717) is 0 Å². The third-order valence-electron chi connectivity index (χ3n) is 2.16. The second kappa shape index (κ2) is 5.38. The first kappa shape index (κ1) is 13.5. The van der Waals surface area contributed by atoms with Gasteiger partial charge in [-0.25, -0.2) is 4.39 Å². The fraction of sp³-hybridized carbons (Fsp3) is 0. The lowest BCUT2D eigenvalue weighted by molar-refractivity contribution is 0.102. The second-order valence-corrected chi connectivity index (χ2v) is 4.36. The minimum atomic E-state index is -0.597. The largest absolute Gasteiger partial charge is 0.382 e. The minimum absolute atomic E-state index is 0.0123. The molecule has 3 N–H and O–H groups in total. The van der Waals surface area contributed by atoms with Crippen molar-refractivity contribution in [2.75, 3.05) is 11.1 Å². The molecule has 1 amide bonds. The van der Waals surface area contributed by atoms with E-state index in [2.05, 4.69) is 15.5 Å². The van der Waals surface area contributed by atoms with Crippen LogP contribution in [-0.2, 0) is 0 Å². The number of carbonyl (C=O) groups excluding carboxylic acids is 1. The van der Waals surface area contributed by atoms with Crippen LogP contribution in [0.1, 0.15) is 10.5 Å². The molecule has 0 saturated heterocycles. The molecule has 1 aromatic heterocycles. The first-order chi connectivity index (χ1) is 8.97. The summed E-state index contributed by atoms with van der Waals surface area (Å²) in [5, 5.41) is 9.55. The number of hydrogen-bond donors (Lipinski definition) is 2. The van der Waals surface area contributed by atoms with E-state index < -0.39 is 11.7 Å². The van der Waals surface area contributed by atoms with Gasteiger partial charge in [-0.2, -0.15) is 0 Å². The van der Waals surface area contributed by atoms with Gasteiger partial charge in [0.15, 0.2) is 5.69 Å². The summed E-state index contributed by atoms with van der Waals surface area (Å²) in [6.45, 7) is 0. The molecule has 8 heteroatoms. The van der Waals surface area contributed by atoms with Crippen molar-refractivity contribution in [3.8, 4) is 0 Å². The lowest BCUT2D eigenvalue weighted by Crippen LogP contribution is -2.15. The first-order valence-electron chi connectivity index (χ1n) is 5.02. The number of halogens is 3. The van der Waals surface area contributed by atoms with Crippen LogP contribution in [0.2, 0.25) is 10.0 Å². The summed E-state index contributed by atoms with van der Waals surface area (Å²) >= 11 is 11.6. The van der Waals surface area contributed by atoms with Crippen LogP contribution in [0, 0.1) is 5.82 Å². The van der Waals surface area contributed by atoms with Crippen LogP contribution in [0.25, 0.3) is 0 Å². The molecule has 1 aromatic carbocycles. The molecule has 0 saturated carbocycles. The molecule has 0 fully saturated rings. The highest BCUT2D eigenvalue weighted by Gasteiger charge is 2.14. The summed E-state index contributed by atoms with van der Waals surface area (Å²) in [6, 6.07) is 4.90. The van der Waals surface area contributed by atoms with Crippen LogP contribution in [0.15, 0.2) is 24.3 Å². The molecule has 19 heavy (non-hydrogen) atoms. The number of benzene rings is 1. The van der Waals surface area contributed by atoms with Crippen LogP contribution in [-0.4, -0.2) is 16.1 Å². The summed E-state index contributed by atoms with van der Waals surface area (Å²) in [5.74, 6) is -0.988. The molecule has 0 aliphatic carbocycles. The Morgan fingerprint density at radius 3 is 2.37 bits per heavy atom. The van der Waals surface area contributed by atoms with Gasteiger partial charge in [0, 0.05) is 0 Å². The number of aromatic nitrogens is 2. The van der Waals surface area contributed by atoms with Crippen molar-refractivity contribution in [3.63, 3.8) is 0 Å². The molecule has 0 bridgehead atoms. The van der Waals surface area contributed by atoms with E-state index in [9.17, 15) is 9.18 Å². The Morgan fingerprint density at radius 2 is 1.84 bits per heavy atom. The van der Waals surface area contributed by atoms with Crippen LogP contribution >= 0.6 is 23.2 Å². The molecule has 0 radical (unpaired) electrons. The number of anilines is 2. The van der Waals surface area contributed by atoms with Gasteiger partial charge in [-0.3, -0.25) is 4.79 Å². The number of amides is 1. The van der Waals surface area contributed by atoms with Gasteiger partial charge in [-0.05, 0) is 24.3 Å². The second-order valence-electron chi connectivity index (χ2n) is 3.54. The molecule has 98 valence electrons. The average molecular weight is 301 g/mol. The molecular formula is C11H7Cl2FN4O. The topological polar surface area (TPSA) is 80.9 Å². The zero-order valence-electron chi connectivity index (χ0n) is 9.32. The molecule has 2 rings (SSSR count). The van der Waals surface area contributed by atoms with Gasteiger partial charge in [-0.1, -0.05) is 23.2 Å². The number of carbonyl (C=O) groups is 1. The Balaban J connectivity index is 2.26. The van der Waals surface area contributed by atoms with Crippen molar-refractivity contribution >= 4 is 40.6 Å². The molecular weight excluding hydrogens is 294 g/mol. The third kappa shape index (κ3) is 3.10. The number of hydrogen-bond acceptors (Lipinski definition) is 4. The normalized spacial score (nSPS) is 10.3. The van der Waals surface area contributed by atoms with E-state index in [0.717, 1.165) is 12.1 Å². The monoisotopic (exact) mass is 300 g/mol. The van der Waals surface area contributed by atoms with Gasteiger partial charge in [0.1, 0.15) is 11.6 Å². The molecule has 0 spiro atoms. The maximum Gasteiger partial charge on any atom is 0.276 e. The zero-order valence-corrected chi connectivity index (χ0v) is 10.8. The summed E-state index contributed by atoms with van der Waals surface area (Å²) in [6.07, 6.45) is 0. The van der Waals surface area contributed by atoms with Gasteiger partial charge in [0.05, 0.1) is 15.7 Å². The quantitative estimate of drug-likeness (QED) is 0.893. The van der Waals surface area contributed by atoms with Crippen LogP contribution < -0.4 is 11.1 Å². The predicted molar refractivity (Wildman–Crippen MR) is 70.8 cm³/mol. The number of nitrogen functional groups attached to an aromatic ring is 1. The molecule has 0 aliphatic heterocycles. The van der Waals surface area contributed by atoms with E-state index in [1.54, 1.807) is 0 Å². The van der Waals surface area contributed by atoms with Crippen LogP contribution in [0.3, 0.4) is 0 Å². The highest BCUT2D eigenvalue weighted by molar-refractivity contribution is 6.40. The maximum absolute atomic E-state index is 13.0.